The molecule has 2 heterocycles. The molecule has 1 amide bonds. The molecular weight excluding hydrogens is 376 g/mol. The average molecular weight is 392 g/mol. The van der Waals surface area contributed by atoms with Crippen LogP contribution in [0.4, 0.5) is 5.13 Å². The molecule has 0 aliphatic carbocycles. The van der Waals surface area contributed by atoms with Crippen molar-refractivity contribution in [3.05, 3.63) is 82.8 Å². The summed E-state index contributed by atoms with van der Waals surface area (Å²) in [6, 6.07) is 19.6. The van der Waals surface area contributed by atoms with Crippen molar-refractivity contribution in [1.29, 1.82) is 0 Å². The Hall–Kier alpha value is -3.52. The normalized spacial score (nSPS) is 10.7. The number of carbonyl (C=O) groups is 1. The molecule has 0 saturated heterocycles. The molecule has 0 atom stereocenters. The van der Waals surface area contributed by atoms with Crippen molar-refractivity contribution in [2.24, 2.45) is 0 Å². The lowest BCUT2D eigenvalue weighted by atomic mass is 10.3. The second kappa shape index (κ2) is 8.01. The first kappa shape index (κ1) is 17.9. The van der Waals surface area contributed by atoms with Gasteiger partial charge in [-0.05, 0) is 30.3 Å². The molecule has 0 spiro atoms. The maximum atomic E-state index is 12.5. The fourth-order valence-electron chi connectivity index (χ4n) is 2.58. The molecular formula is C20H16N4O3S. The summed E-state index contributed by atoms with van der Waals surface area (Å²) in [6.45, 7) is 0.496. The van der Waals surface area contributed by atoms with Crippen LogP contribution in [-0.2, 0) is 6.54 Å². The Morgan fingerprint density at radius 1 is 1.04 bits per heavy atom. The van der Waals surface area contributed by atoms with Crippen molar-refractivity contribution in [2.75, 3.05) is 11.9 Å². The molecule has 0 aliphatic heterocycles. The number of benzene rings is 2. The Morgan fingerprint density at radius 3 is 2.64 bits per heavy atom. The standard InChI is InChI=1S/C20H16N4O3S/c25-18-11-10-16(23-24(18)12-13-27-14-6-2-1-3-7-14)19(26)22-20-21-15-8-4-5-9-17(15)28-20/h1-11H,12-13H2,(H,21,22,26). The van der Waals surface area contributed by atoms with Crippen LogP contribution in [0.5, 0.6) is 5.75 Å². The molecule has 2 aromatic carbocycles. The topological polar surface area (TPSA) is 86.1 Å². The van der Waals surface area contributed by atoms with Crippen molar-refractivity contribution in [3.8, 4) is 5.75 Å². The quantitative estimate of drug-likeness (QED) is 0.545. The number of aromatic nitrogens is 3. The predicted octanol–water partition coefficient (Wildman–Crippen LogP) is 3.18. The summed E-state index contributed by atoms with van der Waals surface area (Å²) in [4.78, 5) is 28.9. The molecule has 0 radical (unpaired) electrons. The fraction of sp³-hybridized carbons (Fsp3) is 0.100. The van der Waals surface area contributed by atoms with Gasteiger partial charge >= 0.3 is 0 Å². The molecule has 2 aromatic heterocycles. The number of ether oxygens (including phenoxy) is 1. The van der Waals surface area contributed by atoms with Gasteiger partial charge in [-0.2, -0.15) is 5.10 Å². The van der Waals surface area contributed by atoms with E-state index in [0.29, 0.717) is 10.9 Å². The lowest BCUT2D eigenvalue weighted by molar-refractivity contribution is 0.101. The number of nitrogens with zero attached hydrogens (tertiary/aromatic N) is 3. The molecule has 4 rings (SSSR count). The van der Waals surface area contributed by atoms with E-state index in [1.807, 2.05) is 54.6 Å². The third-order valence-corrected chi connectivity index (χ3v) is 4.88. The maximum absolute atomic E-state index is 12.5. The van der Waals surface area contributed by atoms with Crippen LogP contribution in [-0.4, -0.2) is 27.3 Å². The Bertz CT molecular complexity index is 1140. The van der Waals surface area contributed by atoms with Crippen molar-refractivity contribution < 1.29 is 9.53 Å². The highest BCUT2D eigenvalue weighted by atomic mass is 32.1. The fourth-order valence-corrected chi connectivity index (χ4v) is 3.44. The highest BCUT2D eigenvalue weighted by Crippen LogP contribution is 2.25. The van der Waals surface area contributed by atoms with Crippen LogP contribution < -0.4 is 15.6 Å². The third-order valence-electron chi connectivity index (χ3n) is 3.93. The molecule has 0 fully saturated rings. The first-order chi connectivity index (χ1) is 13.7. The van der Waals surface area contributed by atoms with Gasteiger partial charge in [-0.1, -0.05) is 41.7 Å². The molecule has 1 N–H and O–H groups in total. The minimum Gasteiger partial charge on any atom is -0.492 e. The van der Waals surface area contributed by atoms with Gasteiger partial charge in [0.05, 0.1) is 16.8 Å². The molecule has 0 bridgehead atoms. The smallest absolute Gasteiger partial charge is 0.277 e. The molecule has 28 heavy (non-hydrogen) atoms. The van der Waals surface area contributed by atoms with Gasteiger partial charge in [-0.15, -0.1) is 0 Å². The summed E-state index contributed by atoms with van der Waals surface area (Å²) in [5.74, 6) is 0.289. The lowest BCUT2D eigenvalue weighted by Gasteiger charge is -2.08. The van der Waals surface area contributed by atoms with E-state index in [2.05, 4.69) is 15.4 Å². The van der Waals surface area contributed by atoms with E-state index in [9.17, 15) is 9.59 Å². The molecule has 4 aromatic rings. The third kappa shape index (κ3) is 4.07. The Balaban J connectivity index is 1.44. The van der Waals surface area contributed by atoms with E-state index < -0.39 is 5.91 Å². The number of hydrogen-bond acceptors (Lipinski definition) is 6. The lowest BCUT2D eigenvalue weighted by Crippen LogP contribution is -2.28. The average Bonchev–Trinajstić information content (AvgIpc) is 3.12. The minimum absolute atomic E-state index is 0.138. The second-order valence-corrected chi connectivity index (χ2v) is 6.91. The number of fused-ring (bicyclic) bond motifs is 1. The number of thiazole rings is 1. The largest absolute Gasteiger partial charge is 0.492 e. The number of anilines is 1. The van der Waals surface area contributed by atoms with E-state index in [0.717, 1.165) is 10.2 Å². The molecule has 0 aliphatic rings. The first-order valence-corrected chi connectivity index (χ1v) is 9.44. The van der Waals surface area contributed by atoms with Crippen molar-refractivity contribution >= 4 is 32.6 Å². The van der Waals surface area contributed by atoms with E-state index in [4.69, 9.17) is 4.74 Å². The summed E-state index contributed by atoms with van der Waals surface area (Å²) < 4.78 is 7.78. The molecule has 8 heteroatoms. The molecule has 0 unspecified atom stereocenters. The van der Waals surface area contributed by atoms with Crippen LogP contribution in [0.25, 0.3) is 10.2 Å². The van der Waals surface area contributed by atoms with Gasteiger partial charge in [0.2, 0.25) is 0 Å². The minimum atomic E-state index is -0.420. The van der Waals surface area contributed by atoms with Crippen LogP contribution >= 0.6 is 11.3 Å². The number of nitrogens with one attached hydrogen (secondary N) is 1. The zero-order valence-corrected chi connectivity index (χ0v) is 15.6. The van der Waals surface area contributed by atoms with Crippen LogP contribution in [0.2, 0.25) is 0 Å². The number of hydrogen-bond donors (Lipinski definition) is 1. The highest BCUT2D eigenvalue weighted by molar-refractivity contribution is 7.22. The van der Waals surface area contributed by atoms with Crippen molar-refractivity contribution in [2.45, 2.75) is 6.54 Å². The summed E-state index contributed by atoms with van der Waals surface area (Å²) >= 11 is 1.38. The molecule has 0 saturated carbocycles. The van der Waals surface area contributed by atoms with E-state index in [1.165, 1.54) is 28.2 Å². The van der Waals surface area contributed by atoms with Crippen LogP contribution in [0.1, 0.15) is 10.5 Å². The molecule has 7 nitrogen and oxygen atoms in total. The van der Waals surface area contributed by atoms with Gasteiger partial charge in [0.1, 0.15) is 18.1 Å². The SMILES string of the molecule is O=C(Nc1nc2ccccc2s1)c1ccc(=O)n(CCOc2ccccc2)n1. The second-order valence-electron chi connectivity index (χ2n) is 5.88. The van der Waals surface area contributed by atoms with Gasteiger partial charge in [0, 0.05) is 6.07 Å². The summed E-state index contributed by atoms with van der Waals surface area (Å²) in [5, 5.41) is 7.36. The Morgan fingerprint density at radius 2 is 1.82 bits per heavy atom. The maximum Gasteiger partial charge on any atom is 0.277 e. The van der Waals surface area contributed by atoms with Gasteiger partial charge in [-0.3, -0.25) is 14.9 Å². The van der Waals surface area contributed by atoms with Crippen molar-refractivity contribution in [1.82, 2.24) is 14.8 Å². The number of rotatable bonds is 6. The monoisotopic (exact) mass is 392 g/mol. The van der Waals surface area contributed by atoms with Gasteiger partial charge in [0.15, 0.2) is 5.13 Å². The zero-order valence-electron chi connectivity index (χ0n) is 14.7. The van der Waals surface area contributed by atoms with Crippen LogP contribution in [0.15, 0.2) is 71.5 Å². The van der Waals surface area contributed by atoms with Gasteiger partial charge < -0.3 is 4.74 Å². The first-order valence-electron chi connectivity index (χ1n) is 8.62. The Kier molecular flexibility index (Phi) is 5.11. The summed E-state index contributed by atoms with van der Waals surface area (Å²) in [6.07, 6.45) is 0. The summed E-state index contributed by atoms with van der Waals surface area (Å²) in [7, 11) is 0. The summed E-state index contributed by atoms with van der Waals surface area (Å²) in [5.41, 5.74) is 0.658. The number of para-hydroxylation sites is 2. The van der Waals surface area contributed by atoms with Gasteiger partial charge in [-0.25, -0.2) is 9.67 Å². The van der Waals surface area contributed by atoms with Crippen molar-refractivity contribution in [3.63, 3.8) is 0 Å². The number of carbonyl (C=O) groups excluding carboxylic acids is 1. The van der Waals surface area contributed by atoms with E-state index in [-0.39, 0.29) is 24.4 Å². The number of amides is 1. The highest BCUT2D eigenvalue weighted by Gasteiger charge is 2.13. The van der Waals surface area contributed by atoms with Gasteiger partial charge in [0.25, 0.3) is 11.5 Å². The predicted molar refractivity (Wildman–Crippen MR) is 108 cm³/mol. The Labute approximate surface area is 164 Å². The van der Waals surface area contributed by atoms with Crippen LogP contribution in [0.3, 0.4) is 0 Å². The van der Waals surface area contributed by atoms with Crippen LogP contribution in [0, 0.1) is 0 Å². The molecule has 140 valence electrons. The zero-order chi connectivity index (χ0) is 19.3. The van der Waals surface area contributed by atoms with E-state index >= 15 is 0 Å². The van der Waals surface area contributed by atoms with E-state index in [1.54, 1.807) is 0 Å².